The molecule has 0 saturated heterocycles. The molecule has 0 aliphatic rings. The number of nitrogens with two attached hydrogens (primary N) is 1. The summed E-state index contributed by atoms with van der Waals surface area (Å²) in [6.07, 6.45) is 1.07. The van der Waals surface area contributed by atoms with E-state index in [1.54, 1.807) is 6.07 Å². The number of hydrogen-bond acceptors (Lipinski definition) is 4. The summed E-state index contributed by atoms with van der Waals surface area (Å²) in [5, 5.41) is 12.0. The lowest BCUT2D eigenvalue weighted by Crippen LogP contribution is -2.22. The summed E-state index contributed by atoms with van der Waals surface area (Å²) in [5.41, 5.74) is 7.78. The SMILES string of the molecule is CNCCCN(C)c1ccc(N)c(C#N)c1. The molecule has 3 N–H and O–H groups in total. The minimum absolute atomic E-state index is 0.537. The van der Waals surface area contributed by atoms with Gasteiger partial charge in [-0.3, -0.25) is 0 Å². The van der Waals surface area contributed by atoms with E-state index in [0.717, 1.165) is 25.2 Å². The van der Waals surface area contributed by atoms with Crippen LogP contribution in [0.3, 0.4) is 0 Å². The van der Waals surface area contributed by atoms with Gasteiger partial charge in [-0.15, -0.1) is 0 Å². The minimum Gasteiger partial charge on any atom is -0.398 e. The van der Waals surface area contributed by atoms with Crippen LogP contribution >= 0.6 is 0 Å². The van der Waals surface area contributed by atoms with E-state index in [1.165, 1.54) is 0 Å². The molecule has 4 nitrogen and oxygen atoms in total. The topological polar surface area (TPSA) is 65.1 Å². The van der Waals surface area contributed by atoms with Gasteiger partial charge in [0, 0.05) is 25.0 Å². The van der Waals surface area contributed by atoms with Gasteiger partial charge >= 0.3 is 0 Å². The largest absolute Gasteiger partial charge is 0.398 e. The molecule has 0 spiro atoms. The molecule has 1 aromatic rings. The Bertz CT molecular complexity index is 381. The lowest BCUT2D eigenvalue weighted by molar-refractivity contribution is 0.713. The standard InChI is InChI=1S/C12H18N4/c1-15-6-3-7-16(2)11-4-5-12(14)10(8-11)9-13/h4-5,8,15H,3,6-7,14H2,1-2H3. The van der Waals surface area contributed by atoms with Crippen molar-refractivity contribution in [2.24, 2.45) is 0 Å². The van der Waals surface area contributed by atoms with Crippen LogP contribution in [0.4, 0.5) is 11.4 Å². The average molecular weight is 218 g/mol. The van der Waals surface area contributed by atoms with Crippen LogP contribution in [0, 0.1) is 11.3 Å². The first kappa shape index (κ1) is 12.3. The number of anilines is 2. The molecule has 0 atom stereocenters. The quantitative estimate of drug-likeness (QED) is 0.575. The van der Waals surface area contributed by atoms with Crippen LogP contribution in [0.1, 0.15) is 12.0 Å². The molecule has 16 heavy (non-hydrogen) atoms. The highest BCUT2D eigenvalue weighted by Gasteiger charge is 2.04. The Morgan fingerprint density at radius 2 is 2.25 bits per heavy atom. The number of nitrogens with zero attached hydrogens (tertiary/aromatic N) is 2. The number of nitrogen functional groups attached to an aromatic ring is 1. The van der Waals surface area contributed by atoms with Crippen LogP contribution in [0.5, 0.6) is 0 Å². The van der Waals surface area contributed by atoms with Crippen LogP contribution in [-0.4, -0.2) is 27.2 Å². The van der Waals surface area contributed by atoms with E-state index in [0.29, 0.717) is 11.3 Å². The Morgan fingerprint density at radius 3 is 2.88 bits per heavy atom. The van der Waals surface area contributed by atoms with E-state index in [9.17, 15) is 0 Å². The Kier molecular flexibility index (Phi) is 4.62. The van der Waals surface area contributed by atoms with E-state index in [4.69, 9.17) is 11.0 Å². The maximum absolute atomic E-state index is 8.88. The second kappa shape index (κ2) is 5.99. The lowest BCUT2D eigenvalue weighted by atomic mass is 10.1. The summed E-state index contributed by atoms with van der Waals surface area (Å²) in [6.45, 7) is 1.94. The minimum atomic E-state index is 0.537. The van der Waals surface area contributed by atoms with Gasteiger partial charge < -0.3 is 16.0 Å². The first-order chi connectivity index (χ1) is 7.69. The zero-order valence-electron chi connectivity index (χ0n) is 9.83. The Hall–Kier alpha value is -1.73. The fraction of sp³-hybridized carbons (Fsp3) is 0.417. The van der Waals surface area contributed by atoms with Gasteiger partial charge in [0.1, 0.15) is 6.07 Å². The van der Waals surface area contributed by atoms with Crippen molar-refractivity contribution in [1.82, 2.24) is 5.32 Å². The third-order valence-corrected chi connectivity index (χ3v) is 2.52. The van der Waals surface area contributed by atoms with Crippen molar-refractivity contribution in [3.05, 3.63) is 23.8 Å². The summed E-state index contributed by atoms with van der Waals surface area (Å²) in [7, 11) is 3.96. The summed E-state index contributed by atoms with van der Waals surface area (Å²) in [4.78, 5) is 2.12. The van der Waals surface area contributed by atoms with Gasteiger partial charge in [-0.2, -0.15) is 5.26 Å². The maximum atomic E-state index is 8.88. The molecule has 0 aliphatic carbocycles. The number of nitrogens with one attached hydrogen (secondary N) is 1. The summed E-state index contributed by atoms with van der Waals surface area (Å²) < 4.78 is 0. The van der Waals surface area contributed by atoms with Crippen molar-refractivity contribution in [1.29, 1.82) is 5.26 Å². The Morgan fingerprint density at radius 1 is 1.50 bits per heavy atom. The molecule has 0 radical (unpaired) electrons. The van der Waals surface area contributed by atoms with Gasteiger partial charge in [-0.05, 0) is 38.2 Å². The fourth-order valence-electron chi connectivity index (χ4n) is 1.50. The molecule has 4 heteroatoms. The van der Waals surface area contributed by atoms with Gasteiger partial charge in [-0.25, -0.2) is 0 Å². The van der Waals surface area contributed by atoms with Crippen LogP contribution in [-0.2, 0) is 0 Å². The highest BCUT2D eigenvalue weighted by atomic mass is 15.1. The molecular weight excluding hydrogens is 200 g/mol. The number of hydrogen-bond donors (Lipinski definition) is 2. The molecule has 86 valence electrons. The van der Waals surface area contributed by atoms with Crippen LogP contribution in [0.2, 0.25) is 0 Å². The maximum Gasteiger partial charge on any atom is 0.101 e. The highest BCUT2D eigenvalue weighted by Crippen LogP contribution is 2.19. The van der Waals surface area contributed by atoms with Crippen molar-refractivity contribution >= 4 is 11.4 Å². The molecule has 0 fully saturated rings. The number of nitriles is 1. The zero-order valence-corrected chi connectivity index (χ0v) is 9.83. The van der Waals surface area contributed by atoms with Crippen LogP contribution in [0.25, 0.3) is 0 Å². The second-order valence-corrected chi connectivity index (χ2v) is 3.76. The average Bonchev–Trinajstić information content (AvgIpc) is 2.30. The van der Waals surface area contributed by atoms with E-state index in [1.807, 2.05) is 26.2 Å². The van der Waals surface area contributed by atoms with Crippen LogP contribution in [0.15, 0.2) is 18.2 Å². The predicted octanol–water partition coefficient (Wildman–Crippen LogP) is 1.19. The number of benzene rings is 1. The predicted molar refractivity (Wildman–Crippen MR) is 67.4 cm³/mol. The van der Waals surface area contributed by atoms with Crippen LogP contribution < -0.4 is 16.0 Å². The van der Waals surface area contributed by atoms with E-state index in [-0.39, 0.29) is 0 Å². The second-order valence-electron chi connectivity index (χ2n) is 3.76. The van der Waals surface area contributed by atoms with Crippen molar-refractivity contribution in [2.75, 3.05) is 37.8 Å². The van der Waals surface area contributed by atoms with Crippen molar-refractivity contribution in [2.45, 2.75) is 6.42 Å². The van der Waals surface area contributed by atoms with Crippen molar-refractivity contribution < 1.29 is 0 Å². The van der Waals surface area contributed by atoms with Gasteiger partial charge in [0.05, 0.1) is 5.56 Å². The van der Waals surface area contributed by atoms with Gasteiger partial charge in [0.15, 0.2) is 0 Å². The van der Waals surface area contributed by atoms with E-state index < -0.39 is 0 Å². The van der Waals surface area contributed by atoms with Gasteiger partial charge in [0.25, 0.3) is 0 Å². The molecule has 1 rings (SSSR count). The lowest BCUT2D eigenvalue weighted by Gasteiger charge is -2.19. The first-order valence-electron chi connectivity index (χ1n) is 5.34. The molecule has 0 aliphatic heterocycles. The Balaban J connectivity index is 2.69. The van der Waals surface area contributed by atoms with E-state index in [2.05, 4.69) is 16.3 Å². The zero-order chi connectivity index (χ0) is 12.0. The summed E-state index contributed by atoms with van der Waals surface area (Å²) in [5.74, 6) is 0. The molecule has 0 amide bonds. The highest BCUT2D eigenvalue weighted by molar-refractivity contribution is 5.62. The first-order valence-corrected chi connectivity index (χ1v) is 5.34. The normalized spacial score (nSPS) is 9.81. The molecule has 1 aromatic carbocycles. The third-order valence-electron chi connectivity index (χ3n) is 2.52. The molecule has 0 heterocycles. The fourth-order valence-corrected chi connectivity index (χ4v) is 1.50. The molecule has 0 unspecified atom stereocenters. The van der Waals surface area contributed by atoms with E-state index >= 15 is 0 Å². The molecular formula is C12H18N4. The third kappa shape index (κ3) is 3.14. The van der Waals surface area contributed by atoms with Crippen molar-refractivity contribution in [3.8, 4) is 6.07 Å². The number of rotatable bonds is 5. The van der Waals surface area contributed by atoms with Gasteiger partial charge in [-0.1, -0.05) is 0 Å². The summed E-state index contributed by atoms with van der Waals surface area (Å²) >= 11 is 0. The van der Waals surface area contributed by atoms with Gasteiger partial charge in [0.2, 0.25) is 0 Å². The molecule has 0 saturated carbocycles. The summed E-state index contributed by atoms with van der Waals surface area (Å²) in [6, 6.07) is 7.64. The molecule has 0 aromatic heterocycles. The van der Waals surface area contributed by atoms with Crippen molar-refractivity contribution in [3.63, 3.8) is 0 Å². The molecule has 0 bridgehead atoms. The Labute approximate surface area is 96.7 Å². The monoisotopic (exact) mass is 218 g/mol. The smallest absolute Gasteiger partial charge is 0.101 e.